The second-order valence-electron chi connectivity index (χ2n) is 3.67. The lowest BCUT2D eigenvalue weighted by molar-refractivity contribution is -0.0249. The molecule has 94 valence electrons. The molecule has 1 aromatic rings. The molecule has 0 aliphatic heterocycles. The summed E-state index contributed by atoms with van der Waals surface area (Å²) < 4.78 is 5.28. The fraction of sp³-hybridized carbons (Fsp3) is 0.385. The first-order valence-corrected chi connectivity index (χ1v) is 5.49. The minimum Gasteiger partial charge on any atom is -0.392 e. The monoisotopic (exact) mass is 238 g/mol. The topological polar surface area (TPSA) is 69.9 Å². The molecule has 0 bridgehead atoms. The molecule has 1 rings (SSSR count). The Labute approximate surface area is 101 Å². The minimum absolute atomic E-state index is 0.0474. The van der Waals surface area contributed by atoms with Gasteiger partial charge in [0.25, 0.3) is 0 Å². The molecule has 0 fully saturated rings. The van der Waals surface area contributed by atoms with Gasteiger partial charge < -0.3 is 20.1 Å². The molecule has 2 atom stereocenters. The number of hydrogen-bond donors (Lipinski definition) is 3. The second kappa shape index (κ2) is 7.97. The Bertz CT molecular complexity index is 323. The van der Waals surface area contributed by atoms with Crippen molar-refractivity contribution in [3.05, 3.63) is 48.0 Å². The molecule has 4 nitrogen and oxygen atoms in total. The van der Waals surface area contributed by atoms with E-state index < -0.39 is 12.2 Å². The molecule has 3 N–H and O–H groups in total. The van der Waals surface area contributed by atoms with Crippen LogP contribution in [0.15, 0.2) is 42.5 Å². The first-order valence-electron chi connectivity index (χ1n) is 5.49. The van der Waals surface area contributed by atoms with Crippen LogP contribution in [0.25, 0.3) is 0 Å². The van der Waals surface area contributed by atoms with E-state index in [9.17, 15) is 10.2 Å². The van der Waals surface area contributed by atoms with Gasteiger partial charge in [-0.2, -0.15) is 0 Å². The molecule has 0 heterocycles. The highest BCUT2D eigenvalue weighted by Crippen LogP contribution is 2.03. The smallest absolute Gasteiger partial charge is 0.107 e. The van der Waals surface area contributed by atoms with Crippen molar-refractivity contribution in [1.82, 2.24) is 0 Å². The molecule has 0 aromatic heterocycles. The molecule has 17 heavy (non-hydrogen) atoms. The normalized spacial score (nSPS) is 15.0. The highest BCUT2D eigenvalue weighted by atomic mass is 16.5. The summed E-state index contributed by atoms with van der Waals surface area (Å²) in [6.07, 6.45) is 0.723. The largest absolute Gasteiger partial charge is 0.392 e. The van der Waals surface area contributed by atoms with E-state index in [-0.39, 0.29) is 13.2 Å². The van der Waals surface area contributed by atoms with Crippen LogP contribution in [0.5, 0.6) is 0 Å². The van der Waals surface area contributed by atoms with E-state index in [1.165, 1.54) is 12.2 Å². The lowest BCUT2D eigenvalue weighted by atomic mass is 10.2. The zero-order valence-corrected chi connectivity index (χ0v) is 9.57. The lowest BCUT2D eigenvalue weighted by Gasteiger charge is -2.14. The Hall–Kier alpha value is -1.20. The summed E-state index contributed by atoms with van der Waals surface area (Å²) in [5.41, 5.74) is 1.01. The van der Waals surface area contributed by atoms with E-state index in [0.29, 0.717) is 6.61 Å². The molecule has 0 saturated heterocycles. The summed E-state index contributed by atoms with van der Waals surface area (Å²) >= 11 is 0. The van der Waals surface area contributed by atoms with Crippen LogP contribution in [-0.4, -0.2) is 40.7 Å². The third-order valence-electron chi connectivity index (χ3n) is 2.23. The fourth-order valence-corrected chi connectivity index (χ4v) is 1.30. The third-order valence-corrected chi connectivity index (χ3v) is 2.23. The van der Waals surface area contributed by atoms with Crippen LogP contribution in [0.4, 0.5) is 0 Å². The summed E-state index contributed by atoms with van der Waals surface area (Å²) in [7, 11) is 0. The molecule has 1 aromatic carbocycles. The summed E-state index contributed by atoms with van der Waals surface area (Å²) in [6, 6.07) is 9.59. The predicted octanol–water partition coefficient (Wildman–Crippen LogP) is 0.473. The van der Waals surface area contributed by atoms with Gasteiger partial charge in [-0.05, 0) is 5.56 Å². The molecular weight excluding hydrogens is 220 g/mol. The van der Waals surface area contributed by atoms with E-state index in [1.54, 1.807) is 0 Å². The van der Waals surface area contributed by atoms with Gasteiger partial charge in [-0.1, -0.05) is 42.5 Å². The molecule has 0 saturated carbocycles. The summed E-state index contributed by atoms with van der Waals surface area (Å²) in [5, 5.41) is 27.4. The van der Waals surface area contributed by atoms with Crippen LogP contribution in [0, 0.1) is 0 Å². The van der Waals surface area contributed by atoms with Gasteiger partial charge in [-0.15, -0.1) is 0 Å². The van der Waals surface area contributed by atoms with Gasteiger partial charge in [-0.25, -0.2) is 0 Å². The predicted molar refractivity (Wildman–Crippen MR) is 64.3 cm³/mol. The van der Waals surface area contributed by atoms with E-state index in [4.69, 9.17) is 9.84 Å². The van der Waals surface area contributed by atoms with Gasteiger partial charge in [0.15, 0.2) is 0 Å². The Morgan fingerprint density at radius 2 is 1.88 bits per heavy atom. The summed E-state index contributed by atoms with van der Waals surface area (Å²) in [4.78, 5) is 0. The maximum atomic E-state index is 9.51. The molecule has 0 aliphatic rings. The van der Waals surface area contributed by atoms with Crippen molar-refractivity contribution in [1.29, 1.82) is 0 Å². The maximum absolute atomic E-state index is 9.51. The standard InChI is InChI=1S/C13H18O4/c14-8-4-7-12(15)13(16)10-17-9-11-5-2-1-3-6-11/h1-7,12-16H,8-10H2/b7-4+/t12-,13-/m0/s1. The maximum Gasteiger partial charge on any atom is 0.107 e. The number of hydrogen-bond acceptors (Lipinski definition) is 4. The first-order chi connectivity index (χ1) is 8.24. The molecule has 0 radical (unpaired) electrons. The minimum atomic E-state index is -1.02. The van der Waals surface area contributed by atoms with Crippen LogP contribution in [0.2, 0.25) is 0 Å². The van der Waals surface area contributed by atoms with Crippen molar-refractivity contribution < 1.29 is 20.1 Å². The molecule has 4 heteroatoms. The number of aliphatic hydroxyl groups is 3. The van der Waals surface area contributed by atoms with Crippen molar-refractivity contribution in [2.24, 2.45) is 0 Å². The zero-order chi connectivity index (χ0) is 12.5. The van der Waals surface area contributed by atoms with Crippen LogP contribution in [0.3, 0.4) is 0 Å². The molecular formula is C13H18O4. The molecule has 0 unspecified atom stereocenters. The van der Waals surface area contributed by atoms with E-state index in [1.807, 2.05) is 30.3 Å². The van der Waals surface area contributed by atoms with Gasteiger partial charge in [0, 0.05) is 0 Å². The van der Waals surface area contributed by atoms with Crippen LogP contribution >= 0.6 is 0 Å². The highest BCUT2D eigenvalue weighted by Gasteiger charge is 2.12. The summed E-state index contributed by atoms with van der Waals surface area (Å²) in [6.45, 7) is 0.287. The van der Waals surface area contributed by atoms with Crippen molar-refractivity contribution >= 4 is 0 Å². The van der Waals surface area contributed by atoms with Crippen molar-refractivity contribution in [3.8, 4) is 0 Å². The molecule has 0 amide bonds. The number of ether oxygens (including phenoxy) is 1. The molecule has 0 spiro atoms. The number of benzene rings is 1. The number of aliphatic hydroxyl groups excluding tert-OH is 3. The fourth-order valence-electron chi connectivity index (χ4n) is 1.30. The summed E-state index contributed by atoms with van der Waals surface area (Å²) in [5.74, 6) is 0. The zero-order valence-electron chi connectivity index (χ0n) is 9.57. The van der Waals surface area contributed by atoms with Crippen LogP contribution < -0.4 is 0 Å². The van der Waals surface area contributed by atoms with Gasteiger partial charge in [-0.3, -0.25) is 0 Å². The second-order valence-corrected chi connectivity index (χ2v) is 3.67. The Morgan fingerprint density at radius 1 is 1.18 bits per heavy atom. The van der Waals surface area contributed by atoms with Crippen molar-refractivity contribution in [3.63, 3.8) is 0 Å². The Morgan fingerprint density at radius 3 is 2.53 bits per heavy atom. The van der Waals surface area contributed by atoms with Gasteiger partial charge in [0.1, 0.15) is 12.2 Å². The Balaban J connectivity index is 2.24. The number of rotatable bonds is 7. The quantitative estimate of drug-likeness (QED) is 0.604. The SMILES string of the molecule is OC/C=C/[C@H](O)[C@@H](O)COCc1ccccc1. The van der Waals surface area contributed by atoms with Crippen LogP contribution in [-0.2, 0) is 11.3 Å². The Kier molecular flexibility index (Phi) is 6.50. The van der Waals surface area contributed by atoms with E-state index >= 15 is 0 Å². The van der Waals surface area contributed by atoms with Gasteiger partial charge in [0.2, 0.25) is 0 Å². The average Bonchev–Trinajstić information content (AvgIpc) is 2.37. The van der Waals surface area contributed by atoms with Crippen molar-refractivity contribution in [2.75, 3.05) is 13.2 Å². The van der Waals surface area contributed by atoms with Crippen LogP contribution in [0.1, 0.15) is 5.56 Å². The lowest BCUT2D eigenvalue weighted by Crippen LogP contribution is -2.28. The third kappa shape index (κ3) is 5.60. The molecule has 0 aliphatic carbocycles. The first kappa shape index (κ1) is 13.9. The van der Waals surface area contributed by atoms with Gasteiger partial charge >= 0.3 is 0 Å². The highest BCUT2D eigenvalue weighted by molar-refractivity contribution is 5.13. The van der Waals surface area contributed by atoms with E-state index in [2.05, 4.69) is 0 Å². The van der Waals surface area contributed by atoms with Crippen molar-refractivity contribution in [2.45, 2.75) is 18.8 Å². The average molecular weight is 238 g/mol. The van der Waals surface area contributed by atoms with Gasteiger partial charge in [0.05, 0.1) is 19.8 Å². The van der Waals surface area contributed by atoms with E-state index in [0.717, 1.165) is 5.56 Å².